The van der Waals surface area contributed by atoms with E-state index in [1.54, 1.807) is 17.4 Å². The number of rotatable bonds is 10. The molecule has 44 heavy (non-hydrogen) atoms. The third-order valence-electron chi connectivity index (χ3n) is 7.77. The molecule has 0 radical (unpaired) electrons. The van der Waals surface area contributed by atoms with Crippen LogP contribution >= 0.6 is 18.2 Å². The first-order valence-electron chi connectivity index (χ1n) is 14.7. The summed E-state index contributed by atoms with van der Waals surface area (Å²) in [5, 5.41) is 6.30. The van der Waals surface area contributed by atoms with Gasteiger partial charge in [-0.3, -0.25) is 4.79 Å². The molecule has 0 fully saturated rings. The summed E-state index contributed by atoms with van der Waals surface area (Å²) in [6, 6.07) is 54.8. The highest BCUT2D eigenvalue weighted by molar-refractivity contribution is 7.97. The summed E-state index contributed by atoms with van der Waals surface area (Å²) in [7, 11) is 2.11. The van der Waals surface area contributed by atoms with Gasteiger partial charge in [0.2, 0.25) is 0 Å². The maximum Gasteiger partial charge on any atom is 0.187 e. The monoisotopic (exact) mass is 607 g/mol. The Morgan fingerprint density at radius 1 is 0.636 bits per heavy atom. The van der Waals surface area contributed by atoms with Crippen LogP contribution in [0, 0.1) is 0 Å². The van der Waals surface area contributed by atoms with Crippen molar-refractivity contribution < 1.29 is 4.79 Å². The Hall–Kier alpha value is -4.69. The van der Waals surface area contributed by atoms with Crippen molar-refractivity contribution in [1.29, 1.82) is 0 Å². The molecule has 5 aromatic carbocycles. The standard InChI is InChI=1S/C40H34NOPS/c1-41(31-32-17-6-2-7-18-32)38-27-15-14-26-37(38)40(39(42)29-28-36-25-16-30-44-36)43(33-19-8-3-9-20-33,34-21-10-4-11-22-34)35-23-12-5-13-24-35/h2-30H,31H2,1H3/b29-28+. The normalized spacial score (nSPS) is 11.4. The lowest BCUT2D eigenvalue weighted by Crippen LogP contribution is -2.34. The van der Waals surface area contributed by atoms with Crippen molar-refractivity contribution in [2.45, 2.75) is 6.54 Å². The number of ketones is 1. The highest BCUT2D eigenvalue weighted by Crippen LogP contribution is 2.49. The molecule has 0 spiro atoms. The molecule has 0 atom stereocenters. The zero-order valence-corrected chi connectivity index (χ0v) is 26.4. The van der Waals surface area contributed by atoms with Gasteiger partial charge in [0.15, 0.2) is 5.78 Å². The number of thiophene rings is 1. The van der Waals surface area contributed by atoms with Crippen LogP contribution in [0.3, 0.4) is 0 Å². The van der Waals surface area contributed by atoms with Gasteiger partial charge in [0.1, 0.15) is 0 Å². The van der Waals surface area contributed by atoms with Crippen molar-refractivity contribution in [1.82, 2.24) is 0 Å². The summed E-state index contributed by atoms with van der Waals surface area (Å²) in [5.74, 6) is 0.0175. The minimum Gasteiger partial charge on any atom is -0.370 e. The number of para-hydroxylation sites is 1. The predicted molar refractivity (Wildman–Crippen MR) is 193 cm³/mol. The van der Waals surface area contributed by atoms with E-state index in [-0.39, 0.29) is 5.78 Å². The topological polar surface area (TPSA) is 20.3 Å². The molecule has 6 rings (SSSR count). The Balaban J connectivity index is 1.74. The van der Waals surface area contributed by atoms with Crippen molar-refractivity contribution in [3.05, 3.63) is 185 Å². The molecular weight excluding hydrogens is 573 g/mol. The van der Waals surface area contributed by atoms with Crippen molar-refractivity contribution in [2.75, 3.05) is 11.9 Å². The van der Waals surface area contributed by atoms with Crippen molar-refractivity contribution >= 4 is 57.0 Å². The number of anilines is 1. The van der Waals surface area contributed by atoms with Crippen molar-refractivity contribution in [2.24, 2.45) is 0 Å². The lowest BCUT2D eigenvalue weighted by Gasteiger charge is -2.34. The van der Waals surface area contributed by atoms with Crippen molar-refractivity contribution in [3.63, 3.8) is 0 Å². The van der Waals surface area contributed by atoms with Gasteiger partial charge in [-0.25, -0.2) is 0 Å². The third kappa shape index (κ3) is 6.03. The summed E-state index contributed by atoms with van der Waals surface area (Å²) >= 11 is 1.63. The van der Waals surface area contributed by atoms with E-state index in [1.807, 2.05) is 47.9 Å². The summed E-state index contributed by atoms with van der Waals surface area (Å²) in [6.45, 7) is -1.98. The van der Waals surface area contributed by atoms with E-state index in [9.17, 15) is 0 Å². The molecule has 0 aliphatic rings. The molecule has 6 aromatic rings. The minimum atomic E-state index is -2.70. The second kappa shape index (κ2) is 13.7. The number of nitrogens with zero attached hydrogens (tertiary/aromatic N) is 1. The second-order valence-electron chi connectivity index (χ2n) is 10.6. The van der Waals surface area contributed by atoms with Crippen LogP contribution in [0.2, 0.25) is 0 Å². The fourth-order valence-electron chi connectivity index (χ4n) is 5.84. The fourth-order valence-corrected chi connectivity index (χ4v) is 10.9. The van der Waals surface area contributed by atoms with Gasteiger partial charge in [-0.2, -0.15) is 0 Å². The molecule has 0 saturated carbocycles. The first kappa shape index (κ1) is 29.4. The van der Waals surface area contributed by atoms with Crippen LogP contribution in [-0.4, -0.2) is 18.1 Å². The third-order valence-corrected chi connectivity index (χ3v) is 13.0. The molecule has 0 unspecified atom stereocenters. The quantitative estimate of drug-likeness (QED) is 0.116. The Morgan fingerprint density at radius 3 is 1.66 bits per heavy atom. The van der Waals surface area contributed by atoms with E-state index >= 15 is 4.79 Å². The molecule has 0 N–H and O–H groups in total. The number of allylic oxidation sites excluding steroid dienone is 1. The zero-order chi connectivity index (χ0) is 30.2. The lowest BCUT2D eigenvalue weighted by molar-refractivity contribution is -0.108. The van der Waals surface area contributed by atoms with Crippen LogP contribution in [0.1, 0.15) is 16.0 Å². The van der Waals surface area contributed by atoms with Gasteiger partial charge in [0.25, 0.3) is 0 Å². The Morgan fingerprint density at radius 2 is 1.14 bits per heavy atom. The molecule has 216 valence electrons. The zero-order valence-electron chi connectivity index (χ0n) is 24.7. The second-order valence-corrected chi connectivity index (χ2v) is 14.9. The highest BCUT2D eigenvalue weighted by atomic mass is 32.1. The first-order chi connectivity index (χ1) is 21.7. The van der Waals surface area contributed by atoms with Gasteiger partial charge < -0.3 is 4.90 Å². The maximum absolute atomic E-state index is 15.0. The summed E-state index contributed by atoms with van der Waals surface area (Å²) in [4.78, 5) is 18.3. The molecule has 2 nitrogen and oxygen atoms in total. The van der Waals surface area contributed by atoms with E-state index < -0.39 is 6.89 Å². The van der Waals surface area contributed by atoms with E-state index in [2.05, 4.69) is 133 Å². The summed E-state index contributed by atoms with van der Waals surface area (Å²) < 4.78 is 0. The minimum absolute atomic E-state index is 0.0175. The molecule has 1 heterocycles. The van der Waals surface area contributed by atoms with E-state index in [0.29, 0.717) is 0 Å². The van der Waals surface area contributed by atoms with Gasteiger partial charge >= 0.3 is 0 Å². The van der Waals surface area contributed by atoms with Crippen LogP contribution in [0.25, 0.3) is 6.08 Å². The highest BCUT2D eigenvalue weighted by Gasteiger charge is 2.34. The van der Waals surface area contributed by atoms with Crippen LogP contribution in [0.15, 0.2) is 169 Å². The lowest BCUT2D eigenvalue weighted by atomic mass is 10.0. The fraction of sp³-hybridized carbons (Fsp3) is 0.0500. The van der Waals surface area contributed by atoms with Crippen LogP contribution in [0.5, 0.6) is 0 Å². The van der Waals surface area contributed by atoms with E-state index in [0.717, 1.165) is 43.9 Å². The Kier molecular flexibility index (Phi) is 9.17. The van der Waals surface area contributed by atoms with E-state index in [4.69, 9.17) is 0 Å². The number of benzene rings is 5. The SMILES string of the molecule is CN(Cc1ccccc1)c1ccccc1C(C(=O)/C=C/c1cccs1)=P(c1ccccc1)(c1ccccc1)c1ccccc1. The molecular formula is C40H34NOPS. The molecule has 0 aliphatic heterocycles. The molecule has 0 aliphatic carbocycles. The molecule has 0 amide bonds. The van der Waals surface area contributed by atoms with Crippen molar-refractivity contribution in [3.8, 4) is 0 Å². The summed E-state index contributed by atoms with van der Waals surface area (Å²) in [5.41, 5.74) is 3.19. The maximum atomic E-state index is 15.0. The van der Waals surface area contributed by atoms with Gasteiger partial charge in [0, 0.05) is 35.0 Å². The average molecular weight is 608 g/mol. The smallest absolute Gasteiger partial charge is 0.187 e. The number of carbonyl (C=O) groups excluding carboxylic acids is 1. The van der Waals surface area contributed by atoms with Gasteiger partial charge in [-0.1, -0.05) is 146 Å². The predicted octanol–water partition coefficient (Wildman–Crippen LogP) is 8.18. The largest absolute Gasteiger partial charge is 0.370 e. The van der Waals surface area contributed by atoms with Crippen LogP contribution in [0.4, 0.5) is 5.69 Å². The van der Waals surface area contributed by atoms with E-state index in [1.165, 1.54) is 5.56 Å². The molecule has 0 bridgehead atoms. The first-order valence-corrected chi connectivity index (χ1v) is 17.4. The molecule has 0 saturated heterocycles. The van der Waals surface area contributed by atoms with Crippen LogP contribution in [-0.2, 0) is 11.3 Å². The number of carbonyl (C=O) groups is 1. The van der Waals surface area contributed by atoms with Gasteiger partial charge in [-0.15, -0.1) is 11.3 Å². The summed E-state index contributed by atoms with van der Waals surface area (Å²) in [6.07, 6.45) is 3.73. The van der Waals surface area contributed by atoms with Crippen LogP contribution < -0.4 is 20.8 Å². The Bertz CT molecular complexity index is 1800. The number of hydrogen-bond acceptors (Lipinski definition) is 3. The molecule has 1 aromatic heterocycles. The van der Waals surface area contributed by atoms with Gasteiger partial charge in [-0.05, 0) is 58.0 Å². The Labute approximate surface area is 264 Å². The number of hydrogen-bond donors (Lipinski definition) is 0. The van der Waals surface area contributed by atoms with Gasteiger partial charge in [0.05, 0.1) is 0 Å². The average Bonchev–Trinajstić information content (AvgIpc) is 3.62. The molecule has 4 heteroatoms.